The molecule has 1 atom stereocenters. The lowest BCUT2D eigenvalue weighted by Gasteiger charge is -2.11. The monoisotopic (exact) mass is 364 g/mol. The summed E-state index contributed by atoms with van der Waals surface area (Å²) in [5.41, 5.74) is 0.951. The molecular formula is C22H20OS2. The summed E-state index contributed by atoms with van der Waals surface area (Å²) in [6.07, 6.45) is 2.25. The fourth-order valence-corrected chi connectivity index (χ4v) is 4.49. The van der Waals surface area contributed by atoms with Crippen molar-refractivity contribution in [2.45, 2.75) is 22.3 Å². The van der Waals surface area contributed by atoms with Gasteiger partial charge in [-0.3, -0.25) is 0 Å². The lowest BCUT2D eigenvalue weighted by molar-refractivity contribution is 0.181. The molecule has 0 unspecified atom stereocenters. The first-order valence-corrected chi connectivity index (χ1v) is 9.83. The third kappa shape index (κ3) is 5.82. The molecule has 0 fully saturated rings. The van der Waals surface area contributed by atoms with Crippen LogP contribution < -0.4 is 0 Å². The molecule has 0 aliphatic heterocycles. The van der Waals surface area contributed by atoms with E-state index in [1.165, 1.54) is 14.0 Å². The van der Waals surface area contributed by atoms with E-state index in [2.05, 4.69) is 30.3 Å². The minimum Gasteiger partial charge on any atom is -0.388 e. The molecule has 0 amide bonds. The number of thioether (sulfide) groups is 2. The largest absolute Gasteiger partial charge is 0.388 e. The van der Waals surface area contributed by atoms with Crippen LogP contribution >= 0.6 is 23.5 Å². The Bertz CT molecular complexity index is 743. The summed E-state index contributed by atoms with van der Waals surface area (Å²) in [6.45, 7) is 0. The van der Waals surface area contributed by atoms with E-state index in [4.69, 9.17) is 0 Å². The standard InChI is InChI=1S/C22H20OS2/c23-21(18-10-4-1-5-11-18)16-17-22(24-19-12-6-2-7-13-19)25-20-14-8-3-9-15-20/h1-15,17,21,23H,16H2/t21-/m0/s1. The maximum absolute atomic E-state index is 10.4. The molecule has 126 valence electrons. The highest BCUT2D eigenvalue weighted by Gasteiger charge is 2.08. The van der Waals surface area contributed by atoms with E-state index in [-0.39, 0.29) is 0 Å². The summed E-state index contributed by atoms with van der Waals surface area (Å²) in [7, 11) is 0. The lowest BCUT2D eigenvalue weighted by atomic mass is 10.1. The van der Waals surface area contributed by atoms with Gasteiger partial charge in [-0.2, -0.15) is 0 Å². The number of benzene rings is 3. The minimum atomic E-state index is -0.482. The van der Waals surface area contributed by atoms with Gasteiger partial charge in [0, 0.05) is 14.0 Å². The van der Waals surface area contributed by atoms with Gasteiger partial charge in [0.15, 0.2) is 0 Å². The molecule has 3 aromatic carbocycles. The second-order valence-corrected chi connectivity index (χ2v) is 8.00. The summed E-state index contributed by atoms with van der Waals surface area (Å²) in [6, 6.07) is 30.5. The molecule has 0 bridgehead atoms. The van der Waals surface area contributed by atoms with Crippen molar-refractivity contribution in [1.82, 2.24) is 0 Å². The van der Waals surface area contributed by atoms with Gasteiger partial charge in [0.25, 0.3) is 0 Å². The zero-order chi connectivity index (χ0) is 17.3. The summed E-state index contributed by atoms with van der Waals surface area (Å²) >= 11 is 3.47. The molecule has 3 aromatic rings. The molecule has 0 spiro atoms. The second-order valence-electron chi connectivity index (χ2n) is 5.52. The molecule has 0 saturated heterocycles. The molecule has 0 saturated carbocycles. The van der Waals surface area contributed by atoms with Gasteiger partial charge in [-0.15, -0.1) is 0 Å². The molecule has 3 heteroatoms. The molecule has 0 aromatic heterocycles. The highest BCUT2D eigenvalue weighted by Crippen LogP contribution is 2.39. The summed E-state index contributed by atoms with van der Waals surface area (Å²) in [4.78, 5) is 2.40. The van der Waals surface area contributed by atoms with Gasteiger partial charge in [0.05, 0.1) is 6.10 Å². The van der Waals surface area contributed by atoms with Crippen LogP contribution in [0, 0.1) is 0 Å². The first-order valence-electron chi connectivity index (χ1n) is 8.20. The van der Waals surface area contributed by atoms with Crippen LogP contribution in [0.2, 0.25) is 0 Å². The minimum absolute atomic E-state index is 0.482. The molecule has 0 aliphatic carbocycles. The Kier molecular flexibility index (Phi) is 6.80. The van der Waals surface area contributed by atoms with Gasteiger partial charge in [0.2, 0.25) is 0 Å². The average Bonchev–Trinajstić information content (AvgIpc) is 2.68. The predicted molar refractivity (Wildman–Crippen MR) is 109 cm³/mol. The van der Waals surface area contributed by atoms with E-state index < -0.39 is 6.10 Å². The molecule has 1 nitrogen and oxygen atoms in total. The van der Waals surface area contributed by atoms with E-state index in [0.717, 1.165) is 5.56 Å². The van der Waals surface area contributed by atoms with Crippen LogP contribution in [0.4, 0.5) is 0 Å². The van der Waals surface area contributed by atoms with Gasteiger partial charge >= 0.3 is 0 Å². The predicted octanol–water partition coefficient (Wildman–Crippen LogP) is 6.54. The van der Waals surface area contributed by atoms with Crippen LogP contribution in [0.3, 0.4) is 0 Å². The Labute approximate surface area is 157 Å². The highest BCUT2D eigenvalue weighted by molar-refractivity contribution is 8.22. The van der Waals surface area contributed by atoms with Crippen LogP contribution in [0.15, 0.2) is 111 Å². The maximum atomic E-state index is 10.4. The Morgan fingerprint density at radius 2 is 1.16 bits per heavy atom. The lowest BCUT2D eigenvalue weighted by Crippen LogP contribution is -1.95. The fourth-order valence-electron chi connectivity index (χ4n) is 2.33. The third-order valence-corrected chi connectivity index (χ3v) is 5.87. The van der Waals surface area contributed by atoms with Crippen LogP contribution in [-0.2, 0) is 0 Å². The van der Waals surface area contributed by atoms with Crippen molar-refractivity contribution in [2.24, 2.45) is 0 Å². The molecular weight excluding hydrogens is 344 g/mol. The van der Waals surface area contributed by atoms with Crippen molar-refractivity contribution >= 4 is 23.5 Å². The van der Waals surface area contributed by atoms with Crippen LogP contribution in [0.25, 0.3) is 0 Å². The molecule has 3 rings (SSSR count). The van der Waals surface area contributed by atoms with E-state index in [1.807, 2.05) is 66.7 Å². The van der Waals surface area contributed by atoms with E-state index >= 15 is 0 Å². The first kappa shape index (κ1) is 17.9. The van der Waals surface area contributed by atoms with Crippen molar-refractivity contribution in [3.05, 3.63) is 107 Å². The average molecular weight is 365 g/mol. The van der Waals surface area contributed by atoms with E-state index in [1.54, 1.807) is 23.5 Å². The quantitative estimate of drug-likeness (QED) is 0.481. The van der Waals surface area contributed by atoms with Gasteiger partial charge in [-0.05, 0) is 36.2 Å². The summed E-state index contributed by atoms with van der Waals surface area (Å²) in [5.74, 6) is 0. The number of hydrogen-bond acceptors (Lipinski definition) is 3. The van der Waals surface area contributed by atoms with Crippen LogP contribution in [0.5, 0.6) is 0 Å². The number of aliphatic hydroxyl groups excluding tert-OH is 1. The van der Waals surface area contributed by atoms with Gasteiger partial charge < -0.3 is 5.11 Å². The van der Waals surface area contributed by atoms with Gasteiger partial charge in [-0.1, -0.05) is 96.3 Å². The zero-order valence-corrected chi connectivity index (χ0v) is 15.4. The van der Waals surface area contributed by atoms with Crippen molar-refractivity contribution in [1.29, 1.82) is 0 Å². The maximum Gasteiger partial charge on any atom is 0.0825 e. The molecule has 0 aliphatic rings. The van der Waals surface area contributed by atoms with Crippen LogP contribution in [0.1, 0.15) is 18.1 Å². The molecule has 0 radical (unpaired) electrons. The van der Waals surface area contributed by atoms with Gasteiger partial charge in [0.1, 0.15) is 0 Å². The van der Waals surface area contributed by atoms with Gasteiger partial charge in [-0.25, -0.2) is 0 Å². The second kappa shape index (κ2) is 9.52. The first-order chi connectivity index (χ1) is 12.3. The number of rotatable bonds is 7. The molecule has 1 N–H and O–H groups in total. The Balaban J connectivity index is 1.75. The highest BCUT2D eigenvalue weighted by atomic mass is 32.2. The topological polar surface area (TPSA) is 20.2 Å². The molecule has 25 heavy (non-hydrogen) atoms. The van der Waals surface area contributed by atoms with Crippen molar-refractivity contribution in [3.63, 3.8) is 0 Å². The fraction of sp³-hybridized carbons (Fsp3) is 0.0909. The summed E-state index contributed by atoms with van der Waals surface area (Å²) < 4.78 is 1.17. The van der Waals surface area contributed by atoms with E-state index in [0.29, 0.717) is 6.42 Å². The zero-order valence-electron chi connectivity index (χ0n) is 13.8. The summed E-state index contributed by atoms with van der Waals surface area (Å²) in [5, 5.41) is 10.4. The smallest absolute Gasteiger partial charge is 0.0825 e. The Morgan fingerprint density at radius 1 is 0.720 bits per heavy atom. The normalized spacial score (nSPS) is 11.7. The molecule has 0 heterocycles. The Hall–Kier alpha value is -1.94. The van der Waals surface area contributed by atoms with E-state index in [9.17, 15) is 5.11 Å². The number of aliphatic hydroxyl groups is 1. The van der Waals surface area contributed by atoms with Crippen molar-refractivity contribution < 1.29 is 5.11 Å². The van der Waals surface area contributed by atoms with Crippen LogP contribution in [-0.4, -0.2) is 5.11 Å². The third-order valence-electron chi connectivity index (χ3n) is 3.62. The van der Waals surface area contributed by atoms with Crippen molar-refractivity contribution in [2.75, 3.05) is 0 Å². The number of hydrogen-bond donors (Lipinski definition) is 1. The SMILES string of the molecule is O[C@@H](CC=C(Sc1ccccc1)Sc1ccccc1)c1ccccc1. The van der Waals surface area contributed by atoms with Crippen molar-refractivity contribution in [3.8, 4) is 0 Å². The Morgan fingerprint density at radius 3 is 1.64 bits per heavy atom.